The van der Waals surface area contributed by atoms with Crippen LogP contribution >= 0.6 is 11.6 Å². The Balaban J connectivity index is 2.63. The van der Waals surface area contributed by atoms with Gasteiger partial charge in [-0.1, -0.05) is 11.6 Å². The normalized spacial score (nSPS) is 12.5. The van der Waals surface area contributed by atoms with E-state index >= 15 is 0 Å². The molecule has 17 heavy (non-hydrogen) atoms. The number of hydrogen-bond acceptors (Lipinski definition) is 4. The van der Waals surface area contributed by atoms with Crippen LogP contribution in [0, 0.1) is 0 Å². The van der Waals surface area contributed by atoms with Gasteiger partial charge in [0.05, 0.1) is 13.7 Å². The minimum Gasteiger partial charge on any atom is -0.496 e. The molecule has 1 atom stereocenters. The third kappa shape index (κ3) is 4.52. The predicted molar refractivity (Wildman–Crippen MR) is 67.4 cm³/mol. The molecule has 1 aromatic carbocycles. The van der Waals surface area contributed by atoms with Crippen molar-refractivity contribution in [3.05, 3.63) is 28.8 Å². The van der Waals surface area contributed by atoms with Crippen molar-refractivity contribution in [1.29, 1.82) is 0 Å². The van der Waals surface area contributed by atoms with Crippen LogP contribution in [0.1, 0.15) is 12.0 Å². The fraction of sp³-hybridized carbons (Fsp3) is 0.500. The molecule has 0 heterocycles. The monoisotopic (exact) mass is 259 g/mol. The second-order valence-corrected chi connectivity index (χ2v) is 4.17. The zero-order chi connectivity index (χ0) is 12.7. The van der Waals surface area contributed by atoms with Crippen molar-refractivity contribution in [2.45, 2.75) is 19.0 Å². The van der Waals surface area contributed by atoms with Crippen molar-refractivity contribution < 1.29 is 14.9 Å². The summed E-state index contributed by atoms with van der Waals surface area (Å²) in [5.74, 6) is 0.752. The zero-order valence-corrected chi connectivity index (χ0v) is 10.6. The molecule has 1 unspecified atom stereocenters. The van der Waals surface area contributed by atoms with E-state index < -0.39 is 0 Å². The lowest BCUT2D eigenvalue weighted by Gasteiger charge is -2.16. The van der Waals surface area contributed by atoms with Crippen molar-refractivity contribution in [3.63, 3.8) is 0 Å². The summed E-state index contributed by atoms with van der Waals surface area (Å²) in [5, 5.41) is 21.7. The SMILES string of the molecule is COc1ccc(Cl)cc1CNC(CO)CCO. The molecule has 0 aliphatic carbocycles. The predicted octanol–water partition coefficient (Wildman–Crippen LogP) is 1.18. The van der Waals surface area contributed by atoms with E-state index in [1.165, 1.54) is 0 Å². The summed E-state index contributed by atoms with van der Waals surface area (Å²) in [4.78, 5) is 0. The largest absolute Gasteiger partial charge is 0.496 e. The van der Waals surface area contributed by atoms with E-state index in [1.807, 2.05) is 6.07 Å². The van der Waals surface area contributed by atoms with E-state index in [0.717, 1.165) is 11.3 Å². The second-order valence-electron chi connectivity index (χ2n) is 3.73. The Labute approximate surface area is 106 Å². The first-order chi connectivity index (χ1) is 8.21. The molecule has 1 aromatic rings. The molecule has 1 rings (SSSR count). The number of aliphatic hydroxyl groups is 2. The van der Waals surface area contributed by atoms with Crippen molar-refractivity contribution in [3.8, 4) is 5.75 Å². The van der Waals surface area contributed by atoms with E-state index in [2.05, 4.69) is 5.32 Å². The van der Waals surface area contributed by atoms with Crippen LogP contribution in [0.5, 0.6) is 5.75 Å². The number of benzene rings is 1. The maximum Gasteiger partial charge on any atom is 0.123 e. The summed E-state index contributed by atoms with van der Waals surface area (Å²) >= 11 is 5.91. The summed E-state index contributed by atoms with van der Waals surface area (Å²) in [5.41, 5.74) is 0.927. The maximum absolute atomic E-state index is 9.09. The Kier molecular flexibility index (Phi) is 6.29. The van der Waals surface area contributed by atoms with Gasteiger partial charge in [0.15, 0.2) is 0 Å². The summed E-state index contributed by atoms with van der Waals surface area (Å²) < 4.78 is 5.22. The average Bonchev–Trinajstić information content (AvgIpc) is 2.34. The highest BCUT2D eigenvalue weighted by atomic mass is 35.5. The minimum atomic E-state index is -0.122. The van der Waals surface area contributed by atoms with E-state index in [-0.39, 0.29) is 19.3 Å². The molecule has 96 valence electrons. The quantitative estimate of drug-likeness (QED) is 0.688. The van der Waals surface area contributed by atoms with Crippen LogP contribution in [-0.4, -0.2) is 36.6 Å². The van der Waals surface area contributed by atoms with E-state index in [0.29, 0.717) is 18.0 Å². The van der Waals surface area contributed by atoms with Gasteiger partial charge in [-0.2, -0.15) is 0 Å². The molecule has 0 spiro atoms. The lowest BCUT2D eigenvalue weighted by molar-refractivity contribution is 0.199. The molecular weight excluding hydrogens is 242 g/mol. The number of aliphatic hydroxyl groups excluding tert-OH is 2. The van der Waals surface area contributed by atoms with Crippen molar-refractivity contribution in [1.82, 2.24) is 5.32 Å². The van der Waals surface area contributed by atoms with Gasteiger partial charge in [0, 0.05) is 29.8 Å². The van der Waals surface area contributed by atoms with Gasteiger partial charge >= 0.3 is 0 Å². The average molecular weight is 260 g/mol. The smallest absolute Gasteiger partial charge is 0.123 e. The number of halogens is 1. The van der Waals surface area contributed by atoms with Gasteiger partial charge in [-0.25, -0.2) is 0 Å². The standard InChI is InChI=1S/C12H18ClNO3/c1-17-12-3-2-10(13)6-9(12)7-14-11(8-16)4-5-15/h2-3,6,11,14-16H,4-5,7-8H2,1H3. The van der Waals surface area contributed by atoms with Gasteiger partial charge in [0.1, 0.15) is 5.75 Å². The van der Waals surface area contributed by atoms with Crippen LogP contribution in [0.15, 0.2) is 18.2 Å². The van der Waals surface area contributed by atoms with Gasteiger partial charge in [0.2, 0.25) is 0 Å². The topological polar surface area (TPSA) is 61.7 Å². The Bertz CT molecular complexity index is 347. The molecule has 0 aliphatic heterocycles. The van der Waals surface area contributed by atoms with E-state index in [4.69, 9.17) is 26.6 Å². The third-order valence-corrected chi connectivity index (χ3v) is 2.76. The molecule has 0 amide bonds. The Morgan fingerprint density at radius 3 is 2.76 bits per heavy atom. The van der Waals surface area contributed by atoms with E-state index in [9.17, 15) is 0 Å². The summed E-state index contributed by atoms with van der Waals surface area (Å²) in [6.07, 6.45) is 0.513. The van der Waals surface area contributed by atoms with Crippen LogP contribution in [0.4, 0.5) is 0 Å². The molecule has 0 saturated heterocycles. The highest BCUT2D eigenvalue weighted by molar-refractivity contribution is 6.30. The van der Waals surface area contributed by atoms with E-state index in [1.54, 1.807) is 19.2 Å². The summed E-state index contributed by atoms with van der Waals surface area (Å²) in [6.45, 7) is 0.573. The molecule has 0 radical (unpaired) electrons. The fourth-order valence-electron chi connectivity index (χ4n) is 1.55. The number of methoxy groups -OCH3 is 1. The number of ether oxygens (including phenoxy) is 1. The Hall–Kier alpha value is -0.810. The summed E-state index contributed by atoms with van der Waals surface area (Å²) in [7, 11) is 1.60. The molecule has 0 saturated carbocycles. The van der Waals surface area contributed by atoms with Gasteiger partial charge in [-0.05, 0) is 24.6 Å². The van der Waals surface area contributed by atoms with Crippen molar-refractivity contribution in [2.24, 2.45) is 0 Å². The van der Waals surface area contributed by atoms with Crippen LogP contribution < -0.4 is 10.1 Å². The molecule has 0 aliphatic rings. The molecule has 0 aromatic heterocycles. The molecule has 4 nitrogen and oxygen atoms in total. The van der Waals surface area contributed by atoms with Crippen molar-refractivity contribution >= 4 is 11.6 Å². The maximum atomic E-state index is 9.09. The lowest BCUT2D eigenvalue weighted by Crippen LogP contribution is -2.32. The van der Waals surface area contributed by atoms with Gasteiger partial charge in [-0.15, -0.1) is 0 Å². The van der Waals surface area contributed by atoms with Gasteiger partial charge in [0.25, 0.3) is 0 Å². The molecule has 0 fully saturated rings. The first-order valence-corrected chi connectivity index (χ1v) is 5.86. The fourth-order valence-corrected chi connectivity index (χ4v) is 1.75. The van der Waals surface area contributed by atoms with Crippen LogP contribution in [0.2, 0.25) is 5.02 Å². The lowest BCUT2D eigenvalue weighted by atomic mass is 10.1. The highest BCUT2D eigenvalue weighted by Crippen LogP contribution is 2.22. The van der Waals surface area contributed by atoms with Crippen LogP contribution in [-0.2, 0) is 6.54 Å². The number of nitrogens with one attached hydrogen (secondary N) is 1. The first-order valence-electron chi connectivity index (χ1n) is 5.48. The molecule has 5 heteroatoms. The van der Waals surface area contributed by atoms with Crippen molar-refractivity contribution in [2.75, 3.05) is 20.3 Å². The first kappa shape index (κ1) is 14.3. The Morgan fingerprint density at radius 2 is 2.18 bits per heavy atom. The molecule has 0 bridgehead atoms. The number of rotatable bonds is 7. The second kappa shape index (κ2) is 7.50. The van der Waals surface area contributed by atoms with Crippen LogP contribution in [0.3, 0.4) is 0 Å². The van der Waals surface area contributed by atoms with Gasteiger partial charge in [-0.3, -0.25) is 0 Å². The van der Waals surface area contributed by atoms with Gasteiger partial charge < -0.3 is 20.3 Å². The molecule has 3 N–H and O–H groups in total. The third-order valence-electron chi connectivity index (χ3n) is 2.52. The van der Waals surface area contributed by atoms with Crippen LogP contribution in [0.25, 0.3) is 0 Å². The Morgan fingerprint density at radius 1 is 1.41 bits per heavy atom. The summed E-state index contributed by atoms with van der Waals surface area (Å²) in [6, 6.07) is 5.27. The number of hydrogen-bond donors (Lipinski definition) is 3. The molecular formula is C12H18ClNO3. The highest BCUT2D eigenvalue weighted by Gasteiger charge is 2.08. The zero-order valence-electron chi connectivity index (χ0n) is 9.82. The minimum absolute atomic E-state index is 0.0105.